The highest BCUT2D eigenvalue weighted by molar-refractivity contribution is 5.60. The lowest BCUT2D eigenvalue weighted by molar-refractivity contribution is -0.386. The molecule has 3 N–H and O–H groups in total. The number of pyridine rings is 1. The van der Waals surface area contributed by atoms with E-state index in [9.17, 15) is 0 Å². The van der Waals surface area contributed by atoms with Gasteiger partial charge >= 0.3 is 0 Å². The Morgan fingerprint density at radius 1 is 1.29 bits per heavy atom. The van der Waals surface area contributed by atoms with Crippen LogP contribution in [0.5, 0.6) is 5.88 Å². The minimum absolute atomic E-state index is 0.327. The normalized spacial score (nSPS) is 20.8. The van der Waals surface area contributed by atoms with Crippen molar-refractivity contribution in [3.63, 3.8) is 0 Å². The Bertz CT molecular complexity index is 526. The van der Waals surface area contributed by atoms with Crippen LogP contribution in [0.15, 0.2) is 12.1 Å². The van der Waals surface area contributed by atoms with Gasteiger partial charge < -0.3 is 20.4 Å². The van der Waals surface area contributed by atoms with E-state index in [1.54, 1.807) is 0 Å². The van der Waals surface area contributed by atoms with Crippen LogP contribution in [0.3, 0.4) is 0 Å². The number of rotatable bonds is 3. The molecule has 1 aliphatic carbocycles. The monoisotopic (exact) mass is 336 g/mol. The predicted octanol–water partition coefficient (Wildman–Crippen LogP) is 1.87. The van der Waals surface area contributed by atoms with Gasteiger partial charge in [-0.05, 0) is 63.0 Å². The molecule has 0 bridgehead atoms. The number of nitrogens with zero attached hydrogens (tertiary/aromatic N) is 1. The first kappa shape index (κ1) is 20.4. The molecule has 2 rings (SSSR count). The first-order valence-electron chi connectivity index (χ1n) is 8.73. The second-order valence-corrected chi connectivity index (χ2v) is 7.62. The molecule has 0 spiro atoms. The SMILES string of the molecule is CC(=O)[O-].Cc1ccc(C[NH3+])c(OC2CCC(C(C)(C)C)CC2)n1. The fraction of sp³-hybridized carbons (Fsp3) is 0.684. The van der Waals surface area contributed by atoms with E-state index in [1.165, 1.54) is 12.8 Å². The lowest BCUT2D eigenvalue weighted by atomic mass is 9.72. The maximum atomic E-state index is 8.89. The molecular formula is C19H32N2O3. The van der Waals surface area contributed by atoms with Gasteiger partial charge in [0.25, 0.3) is 0 Å². The van der Waals surface area contributed by atoms with E-state index < -0.39 is 5.97 Å². The molecule has 1 aromatic heterocycles. The lowest BCUT2D eigenvalue weighted by Crippen LogP contribution is -2.47. The molecule has 1 saturated carbocycles. The number of carbonyl (C=O) groups excluding carboxylic acids is 1. The molecule has 0 aliphatic heterocycles. The topological polar surface area (TPSA) is 89.9 Å². The summed E-state index contributed by atoms with van der Waals surface area (Å²) < 4.78 is 6.17. The van der Waals surface area contributed by atoms with Crippen molar-refractivity contribution in [3.05, 3.63) is 23.4 Å². The van der Waals surface area contributed by atoms with Gasteiger partial charge in [0, 0.05) is 11.7 Å². The first-order chi connectivity index (χ1) is 11.1. The van der Waals surface area contributed by atoms with Gasteiger partial charge in [-0.15, -0.1) is 0 Å². The van der Waals surface area contributed by atoms with Crippen molar-refractivity contribution in [1.82, 2.24) is 4.98 Å². The summed E-state index contributed by atoms with van der Waals surface area (Å²) in [6, 6.07) is 4.12. The summed E-state index contributed by atoms with van der Waals surface area (Å²) >= 11 is 0. The molecule has 1 aliphatic rings. The third kappa shape index (κ3) is 6.87. The smallest absolute Gasteiger partial charge is 0.222 e. The maximum absolute atomic E-state index is 8.89. The standard InChI is InChI=1S/C17H28N2O.C2H4O2/c1-12-5-6-13(11-18)16(19-12)20-15-9-7-14(8-10-15)17(2,3)4;1-2(3)4/h5-6,14-15H,7-11,18H2,1-4H3;1H3,(H,3,4). The van der Waals surface area contributed by atoms with E-state index in [2.05, 4.69) is 37.6 Å². The van der Waals surface area contributed by atoms with E-state index in [-0.39, 0.29) is 0 Å². The van der Waals surface area contributed by atoms with Gasteiger partial charge in [-0.1, -0.05) is 20.8 Å². The Labute approximate surface area is 145 Å². The van der Waals surface area contributed by atoms with E-state index >= 15 is 0 Å². The third-order valence-electron chi connectivity index (χ3n) is 4.52. The summed E-state index contributed by atoms with van der Waals surface area (Å²) in [5, 5.41) is 8.89. The molecule has 5 nitrogen and oxygen atoms in total. The van der Waals surface area contributed by atoms with Crippen molar-refractivity contribution in [3.8, 4) is 5.88 Å². The molecule has 1 fully saturated rings. The van der Waals surface area contributed by atoms with Crippen molar-refractivity contribution >= 4 is 5.97 Å². The fourth-order valence-corrected chi connectivity index (χ4v) is 3.06. The minimum atomic E-state index is -1.08. The second-order valence-electron chi connectivity index (χ2n) is 7.62. The second kappa shape index (κ2) is 9.02. The number of aryl methyl sites for hydroxylation is 1. The van der Waals surface area contributed by atoms with Crippen LogP contribution >= 0.6 is 0 Å². The first-order valence-corrected chi connectivity index (χ1v) is 8.73. The molecule has 136 valence electrons. The van der Waals surface area contributed by atoms with Crippen LogP contribution in [0.4, 0.5) is 0 Å². The number of ether oxygens (including phenoxy) is 1. The molecule has 1 heterocycles. The number of hydrogen-bond acceptors (Lipinski definition) is 4. The largest absolute Gasteiger partial charge is 0.550 e. The average molecular weight is 336 g/mol. The van der Waals surface area contributed by atoms with Crippen LogP contribution in [-0.4, -0.2) is 17.1 Å². The van der Waals surface area contributed by atoms with Gasteiger partial charge in [0.05, 0.1) is 5.56 Å². The summed E-state index contributed by atoms with van der Waals surface area (Å²) in [7, 11) is 0. The van der Waals surface area contributed by atoms with Crippen molar-refractivity contribution in [2.24, 2.45) is 11.3 Å². The summed E-state index contributed by atoms with van der Waals surface area (Å²) in [6.07, 6.45) is 5.15. The number of carbonyl (C=O) groups is 1. The predicted molar refractivity (Wildman–Crippen MR) is 92.1 cm³/mol. The zero-order valence-electron chi connectivity index (χ0n) is 15.7. The van der Waals surface area contributed by atoms with Gasteiger partial charge in [0.15, 0.2) is 0 Å². The van der Waals surface area contributed by atoms with E-state index in [1.807, 2.05) is 13.0 Å². The van der Waals surface area contributed by atoms with Crippen LogP contribution in [0.25, 0.3) is 0 Å². The summed E-state index contributed by atoms with van der Waals surface area (Å²) in [4.78, 5) is 13.4. The van der Waals surface area contributed by atoms with Gasteiger partial charge in [-0.2, -0.15) is 0 Å². The van der Waals surface area contributed by atoms with Crippen LogP contribution in [-0.2, 0) is 11.3 Å². The molecule has 0 atom stereocenters. The van der Waals surface area contributed by atoms with E-state index in [0.717, 1.165) is 49.4 Å². The van der Waals surface area contributed by atoms with Gasteiger partial charge in [-0.25, -0.2) is 4.98 Å². The number of aliphatic carboxylic acids is 1. The molecule has 0 aromatic carbocycles. The number of carboxylic acid groups (broad SMARTS) is 1. The Balaban J connectivity index is 0.000000648. The number of aromatic nitrogens is 1. The van der Waals surface area contributed by atoms with Crippen LogP contribution in [0.2, 0.25) is 0 Å². The Hall–Kier alpha value is -1.62. The Kier molecular flexibility index (Phi) is 7.67. The molecule has 24 heavy (non-hydrogen) atoms. The molecular weight excluding hydrogens is 304 g/mol. The number of quaternary nitrogens is 1. The molecule has 0 unspecified atom stereocenters. The highest BCUT2D eigenvalue weighted by Crippen LogP contribution is 2.38. The zero-order chi connectivity index (χ0) is 18.3. The van der Waals surface area contributed by atoms with Crippen molar-refractivity contribution in [1.29, 1.82) is 0 Å². The Morgan fingerprint density at radius 3 is 2.29 bits per heavy atom. The van der Waals surface area contributed by atoms with Crippen LogP contribution < -0.4 is 15.6 Å². The minimum Gasteiger partial charge on any atom is -0.550 e. The molecule has 5 heteroatoms. The molecule has 0 radical (unpaired) electrons. The summed E-state index contributed by atoms with van der Waals surface area (Å²) in [5.41, 5.74) is 6.52. The quantitative estimate of drug-likeness (QED) is 0.912. The van der Waals surface area contributed by atoms with E-state index in [0.29, 0.717) is 11.5 Å². The third-order valence-corrected chi connectivity index (χ3v) is 4.52. The molecule has 0 saturated heterocycles. The lowest BCUT2D eigenvalue weighted by Gasteiger charge is -2.36. The van der Waals surface area contributed by atoms with E-state index in [4.69, 9.17) is 14.6 Å². The average Bonchev–Trinajstić information content (AvgIpc) is 2.46. The van der Waals surface area contributed by atoms with Gasteiger partial charge in [0.1, 0.15) is 12.6 Å². The van der Waals surface area contributed by atoms with Gasteiger partial charge in [-0.3, -0.25) is 0 Å². The number of carboxylic acids is 1. The van der Waals surface area contributed by atoms with Crippen LogP contribution in [0.1, 0.15) is 64.6 Å². The zero-order valence-corrected chi connectivity index (χ0v) is 15.7. The van der Waals surface area contributed by atoms with Gasteiger partial charge in [0.2, 0.25) is 5.88 Å². The molecule has 1 aromatic rings. The van der Waals surface area contributed by atoms with Crippen molar-refractivity contribution in [2.45, 2.75) is 73.0 Å². The van der Waals surface area contributed by atoms with Crippen LogP contribution in [0, 0.1) is 18.3 Å². The fourth-order valence-electron chi connectivity index (χ4n) is 3.06. The highest BCUT2D eigenvalue weighted by Gasteiger charge is 2.30. The summed E-state index contributed by atoms with van der Waals surface area (Å²) in [6.45, 7) is 10.8. The summed E-state index contributed by atoms with van der Waals surface area (Å²) in [5.74, 6) is 0.541. The number of hydrogen-bond donors (Lipinski definition) is 1. The highest BCUT2D eigenvalue weighted by atomic mass is 16.5. The maximum Gasteiger partial charge on any atom is 0.222 e. The molecule has 0 amide bonds. The Morgan fingerprint density at radius 2 is 1.83 bits per heavy atom. The van der Waals surface area contributed by atoms with Crippen molar-refractivity contribution < 1.29 is 20.4 Å². The van der Waals surface area contributed by atoms with Crippen molar-refractivity contribution in [2.75, 3.05) is 0 Å².